The second-order valence-electron chi connectivity index (χ2n) is 14.0. The van der Waals surface area contributed by atoms with Crippen molar-refractivity contribution in [3.8, 4) is 44.9 Å². The molecule has 1 aliphatic rings. The Kier molecular flexibility index (Phi) is 9.56. The lowest BCUT2D eigenvalue weighted by molar-refractivity contribution is 0.199. The van der Waals surface area contributed by atoms with E-state index in [1.165, 1.54) is 11.1 Å². The molecule has 51 heavy (non-hydrogen) atoms. The molecule has 252 valence electrons. The van der Waals surface area contributed by atoms with Gasteiger partial charge in [-0.15, -0.1) is 0 Å². The van der Waals surface area contributed by atoms with Gasteiger partial charge in [-0.2, -0.15) is 0 Å². The summed E-state index contributed by atoms with van der Waals surface area (Å²) < 4.78 is 5.88. The average molecular weight is 667 g/mol. The molecule has 1 aromatic heterocycles. The van der Waals surface area contributed by atoms with Crippen LogP contribution in [0.25, 0.3) is 50.5 Å². The van der Waals surface area contributed by atoms with Crippen LogP contribution in [0.1, 0.15) is 62.2 Å². The first-order valence-electron chi connectivity index (χ1n) is 17.4. The van der Waals surface area contributed by atoms with Gasteiger partial charge >= 0.3 is 0 Å². The van der Waals surface area contributed by atoms with E-state index in [4.69, 9.17) is 25.8 Å². The van der Waals surface area contributed by atoms with Gasteiger partial charge in [-0.3, -0.25) is 11.1 Å². The fourth-order valence-electron chi connectivity index (χ4n) is 6.29. The molecule has 0 bridgehead atoms. The van der Waals surface area contributed by atoms with Crippen molar-refractivity contribution in [2.75, 3.05) is 0 Å². The Bertz CT molecular complexity index is 2230. The van der Waals surface area contributed by atoms with E-state index in [0.29, 0.717) is 5.56 Å². The van der Waals surface area contributed by atoms with Crippen molar-refractivity contribution < 1.29 is 4.74 Å². The van der Waals surface area contributed by atoms with Gasteiger partial charge in [-0.05, 0) is 82.0 Å². The van der Waals surface area contributed by atoms with E-state index < -0.39 is 6.23 Å². The van der Waals surface area contributed by atoms with Gasteiger partial charge in [0.1, 0.15) is 0 Å². The van der Waals surface area contributed by atoms with Crippen LogP contribution in [0.3, 0.4) is 0 Å². The number of allylic oxidation sites excluding steroid dienone is 4. The van der Waals surface area contributed by atoms with Gasteiger partial charge in [0.25, 0.3) is 0 Å². The lowest BCUT2D eigenvalue weighted by Gasteiger charge is -2.20. The highest BCUT2D eigenvalue weighted by Crippen LogP contribution is 2.32. The molecule has 5 aromatic carbocycles. The van der Waals surface area contributed by atoms with Crippen molar-refractivity contribution in [1.82, 2.24) is 9.97 Å². The summed E-state index contributed by atoms with van der Waals surface area (Å²) in [5.74, 6) is 0.782. The summed E-state index contributed by atoms with van der Waals surface area (Å²) in [5.41, 5.74) is 18.7. The Morgan fingerprint density at radius 1 is 0.667 bits per heavy atom. The molecule has 3 N–H and O–H groups in total. The molecular weight excluding hydrogens is 625 g/mol. The molecule has 0 saturated carbocycles. The van der Waals surface area contributed by atoms with Gasteiger partial charge in [0, 0.05) is 22.3 Å². The molecule has 5 nitrogen and oxygen atoms in total. The fourth-order valence-corrected chi connectivity index (χ4v) is 6.29. The van der Waals surface area contributed by atoms with Crippen LogP contribution in [0.5, 0.6) is 0 Å². The molecule has 7 rings (SSSR count). The average Bonchev–Trinajstić information content (AvgIpc) is 3.18. The third-order valence-corrected chi connectivity index (χ3v) is 9.28. The van der Waals surface area contributed by atoms with Crippen LogP contribution in [0.4, 0.5) is 0 Å². The van der Waals surface area contributed by atoms with E-state index in [-0.39, 0.29) is 11.3 Å². The number of nitrogens with zero attached hydrogens (tertiary/aromatic N) is 2. The van der Waals surface area contributed by atoms with Crippen molar-refractivity contribution in [2.45, 2.75) is 45.3 Å². The quantitative estimate of drug-likeness (QED) is 0.0962. The van der Waals surface area contributed by atoms with Gasteiger partial charge < -0.3 is 4.74 Å². The van der Waals surface area contributed by atoms with Crippen LogP contribution in [-0.4, -0.2) is 15.9 Å². The van der Waals surface area contributed by atoms with Crippen molar-refractivity contribution >= 4 is 11.5 Å². The number of rotatable bonds is 8. The molecule has 1 atom stereocenters. The Morgan fingerprint density at radius 2 is 1.29 bits per heavy atom. The highest BCUT2D eigenvalue weighted by molar-refractivity contribution is 5.91. The summed E-state index contributed by atoms with van der Waals surface area (Å²) in [6, 6.07) is 45.3. The number of benzene rings is 5. The molecule has 1 unspecified atom stereocenters. The second kappa shape index (κ2) is 14.5. The standard InChI is InChI=1S/C46H42N4O/c1-46(2,3)40-26-24-34(25-27-40)43(47)51-44(48)39-19-11-17-37(29-39)32-22-20-31(21-23-32)36-16-10-18-38(28-36)42-30-41(33-12-6-4-7-13-33)49-45(50-42)35-14-8-5-9-15-35/h4-6,8-12,14-30,44,47H,7,13,48H2,1-3H3. The van der Waals surface area contributed by atoms with Crippen molar-refractivity contribution in [2.24, 2.45) is 5.73 Å². The van der Waals surface area contributed by atoms with E-state index in [9.17, 15) is 0 Å². The molecule has 1 heterocycles. The predicted octanol–water partition coefficient (Wildman–Crippen LogP) is 11.2. The Morgan fingerprint density at radius 3 is 1.96 bits per heavy atom. The molecular formula is C46H42N4O. The molecule has 6 aromatic rings. The fraction of sp³-hybridized carbons (Fsp3) is 0.152. The van der Waals surface area contributed by atoms with E-state index >= 15 is 0 Å². The van der Waals surface area contributed by atoms with Crippen LogP contribution < -0.4 is 5.73 Å². The summed E-state index contributed by atoms with van der Waals surface area (Å²) in [5, 5.41) is 8.52. The van der Waals surface area contributed by atoms with Crippen LogP contribution >= 0.6 is 0 Å². The largest absolute Gasteiger partial charge is 0.454 e. The lowest BCUT2D eigenvalue weighted by atomic mass is 9.87. The van der Waals surface area contributed by atoms with Crippen molar-refractivity contribution in [3.05, 3.63) is 174 Å². The van der Waals surface area contributed by atoms with Crippen molar-refractivity contribution in [1.29, 1.82) is 5.41 Å². The number of aromatic nitrogens is 2. The van der Waals surface area contributed by atoms with Crippen molar-refractivity contribution in [3.63, 3.8) is 0 Å². The number of hydrogen-bond acceptors (Lipinski definition) is 5. The Balaban J connectivity index is 1.10. The molecule has 5 heteroatoms. The SMILES string of the molecule is CC(C)(C)c1ccc(C(=N)OC(N)c2cccc(-c3ccc(-c4cccc(-c5cc(C6=CC=CCC6)nc(-c6ccccc6)n5)c4)cc3)c2)cc1. The summed E-state index contributed by atoms with van der Waals surface area (Å²) in [7, 11) is 0. The topological polar surface area (TPSA) is 84.9 Å². The number of nitrogens with one attached hydrogen (secondary N) is 1. The molecule has 1 aliphatic carbocycles. The molecule has 0 radical (unpaired) electrons. The van der Waals surface area contributed by atoms with Crippen LogP contribution in [0.15, 0.2) is 152 Å². The van der Waals surface area contributed by atoms with Gasteiger partial charge in [-0.25, -0.2) is 9.97 Å². The minimum atomic E-state index is -0.766. The Hall–Kier alpha value is -5.91. The maximum absolute atomic E-state index is 8.52. The number of hydrogen-bond donors (Lipinski definition) is 2. The van der Waals surface area contributed by atoms with E-state index in [1.807, 2.05) is 60.7 Å². The molecule has 0 fully saturated rings. The maximum Gasteiger partial charge on any atom is 0.215 e. The summed E-state index contributed by atoms with van der Waals surface area (Å²) in [4.78, 5) is 10.0. The van der Waals surface area contributed by atoms with E-state index in [2.05, 4.69) is 112 Å². The van der Waals surface area contributed by atoms with Gasteiger partial charge in [-0.1, -0.05) is 142 Å². The van der Waals surface area contributed by atoms with Crippen LogP contribution in [0.2, 0.25) is 0 Å². The normalized spacial score (nSPS) is 13.4. The molecule has 0 spiro atoms. The zero-order chi connectivity index (χ0) is 35.4. The monoisotopic (exact) mass is 666 g/mol. The maximum atomic E-state index is 8.52. The Labute approximate surface area is 300 Å². The zero-order valence-corrected chi connectivity index (χ0v) is 29.3. The van der Waals surface area contributed by atoms with Crippen LogP contribution in [-0.2, 0) is 10.2 Å². The number of nitrogens with two attached hydrogens (primary N) is 1. The number of ether oxygens (including phenoxy) is 1. The highest BCUT2D eigenvalue weighted by Gasteiger charge is 2.17. The summed E-state index contributed by atoms with van der Waals surface area (Å²) in [6.45, 7) is 6.51. The van der Waals surface area contributed by atoms with Crippen LogP contribution in [0, 0.1) is 5.41 Å². The first kappa shape index (κ1) is 33.6. The molecule has 0 amide bonds. The molecule has 0 aliphatic heterocycles. The van der Waals surface area contributed by atoms with Gasteiger partial charge in [0.2, 0.25) is 5.90 Å². The van der Waals surface area contributed by atoms with E-state index in [1.54, 1.807) is 0 Å². The highest BCUT2D eigenvalue weighted by atomic mass is 16.5. The first-order valence-corrected chi connectivity index (χ1v) is 17.4. The minimum absolute atomic E-state index is 0.0421. The van der Waals surface area contributed by atoms with E-state index in [0.717, 1.165) is 69.0 Å². The third kappa shape index (κ3) is 7.80. The lowest BCUT2D eigenvalue weighted by Crippen LogP contribution is -2.19. The molecule has 0 saturated heterocycles. The summed E-state index contributed by atoms with van der Waals surface area (Å²) in [6.07, 6.45) is 7.69. The second-order valence-corrected chi connectivity index (χ2v) is 14.0. The predicted molar refractivity (Wildman–Crippen MR) is 210 cm³/mol. The van der Waals surface area contributed by atoms with Gasteiger partial charge in [0.05, 0.1) is 11.4 Å². The zero-order valence-electron chi connectivity index (χ0n) is 29.3. The minimum Gasteiger partial charge on any atom is -0.454 e. The van der Waals surface area contributed by atoms with Gasteiger partial charge in [0.15, 0.2) is 12.1 Å². The summed E-state index contributed by atoms with van der Waals surface area (Å²) >= 11 is 0. The first-order chi connectivity index (χ1) is 24.7. The third-order valence-electron chi connectivity index (χ3n) is 9.28. The smallest absolute Gasteiger partial charge is 0.215 e.